The number of esters is 1. The topological polar surface area (TPSA) is 55.4 Å². The van der Waals surface area contributed by atoms with E-state index in [1.54, 1.807) is 0 Å². The van der Waals surface area contributed by atoms with Crippen LogP contribution < -0.4 is 5.32 Å². The molecule has 0 spiro atoms. The van der Waals surface area contributed by atoms with Crippen LogP contribution in [0.5, 0.6) is 0 Å². The maximum Gasteiger partial charge on any atom is 0.341 e. The lowest BCUT2D eigenvalue weighted by atomic mass is 10.2. The van der Waals surface area contributed by atoms with Crippen LogP contribution in [0.3, 0.4) is 0 Å². The van der Waals surface area contributed by atoms with Crippen molar-refractivity contribution in [3.05, 3.63) is 50.4 Å². The van der Waals surface area contributed by atoms with Crippen molar-refractivity contribution >= 4 is 44.8 Å². The van der Waals surface area contributed by atoms with Crippen LogP contribution in [0.15, 0.2) is 33.4 Å². The molecule has 1 amide bonds. The molecule has 2 aromatic rings. The highest BCUT2D eigenvalue weighted by Gasteiger charge is 2.15. The zero-order valence-electron chi connectivity index (χ0n) is 11.0. The van der Waals surface area contributed by atoms with Crippen LogP contribution in [0.25, 0.3) is 0 Å². The number of anilines is 1. The Bertz CT molecular complexity index is 687. The molecule has 0 unspecified atom stereocenters. The van der Waals surface area contributed by atoms with E-state index in [-0.39, 0.29) is 18.1 Å². The third-order valence-electron chi connectivity index (χ3n) is 2.50. The quantitative estimate of drug-likeness (QED) is 0.827. The standard InChI is InChI=1S/C14H11BrFNO3S/c1-8(18)17-10-2-3-12(16)11(5-10)14(19)20-6-9-4-13(15)21-7-9/h2-5,7H,6H2,1H3,(H,17,18). The summed E-state index contributed by atoms with van der Waals surface area (Å²) in [6.07, 6.45) is 0. The molecule has 1 N–H and O–H groups in total. The van der Waals surface area contributed by atoms with E-state index in [9.17, 15) is 14.0 Å². The second-order valence-electron chi connectivity index (χ2n) is 4.21. The minimum Gasteiger partial charge on any atom is -0.457 e. The zero-order chi connectivity index (χ0) is 15.4. The van der Waals surface area contributed by atoms with Gasteiger partial charge in [0.1, 0.15) is 12.4 Å². The summed E-state index contributed by atoms with van der Waals surface area (Å²) in [6, 6.07) is 5.57. The van der Waals surface area contributed by atoms with Gasteiger partial charge in [-0.3, -0.25) is 4.79 Å². The van der Waals surface area contributed by atoms with Crippen molar-refractivity contribution in [1.82, 2.24) is 0 Å². The van der Waals surface area contributed by atoms with Crippen LogP contribution in [0.1, 0.15) is 22.8 Å². The minimum atomic E-state index is -0.776. The number of hydrogen-bond acceptors (Lipinski definition) is 4. The van der Waals surface area contributed by atoms with Crippen molar-refractivity contribution in [3.63, 3.8) is 0 Å². The Morgan fingerprint density at radius 3 is 2.76 bits per heavy atom. The Hall–Kier alpha value is -1.73. The fourth-order valence-corrected chi connectivity index (χ4v) is 2.80. The fourth-order valence-electron chi connectivity index (χ4n) is 1.61. The van der Waals surface area contributed by atoms with Gasteiger partial charge in [0.2, 0.25) is 5.91 Å². The molecule has 0 aliphatic heterocycles. The van der Waals surface area contributed by atoms with E-state index in [4.69, 9.17) is 4.74 Å². The van der Waals surface area contributed by atoms with Crippen molar-refractivity contribution in [1.29, 1.82) is 0 Å². The molecule has 1 aromatic carbocycles. The largest absolute Gasteiger partial charge is 0.457 e. The van der Waals surface area contributed by atoms with Crippen LogP contribution in [-0.4, -0.2) is 11.9 Å². The van der Waals surface area contributed by atoms with E-state index in [1.165, 1.54) is 30.4 Å². The number of halogens is 2. The van der Waals surface area contributed by atoms with Gasteiger partial charge < -0.3 is 10.1 Å². The lowest BCUT2D eigenvalue weighted by Crippen LogP contribution is -2.10. The number of rotatable bonds is 4. The molecule has 110 valence electrons. The van der Waals surface area contributed by atoms with Gasteiger partial charge in [-0.15, -0.1) is 11.3 Å². The van der Waals surface area contributed by atoms with Crippen LogP contribution in [0.4, 0.5) is 10.1 Å². The highest BCUT2D eigenvalue weighted by atomic mass is 79.9. The maximum absolute atomic E-state index is 13.7. The molecule has 0 radical (unpaired) electrons. The van der Waals surface area contributed by atoms with Crippen molar-refractivity contribution < 1.29 is 18.7 Å². The van der Waals surface area contributed by atoms with Gasteiger partial charge in [-0.25, -0.2) is 9.18 Å². The number of carbonyl (C=O) groups excluding carboxylic acids is 2. The van der Waals surface area contributed by atoms with E-state index in [0.717, 1.165) is 15.4 Å². The number of carbonyl (C=O) groups is 2. The van der Waals surface area contributed by atoms with E-state index in [0.29, 0.717) is 5.69 Å². The van der Waals surface area contributed by atoms with E-state index < -0.39 is 11.8 Å². The molecule has 0 fully saturated rings. The Kier molecular flexibility index (Phi) is 5.08. The Labute approximate surface area is 133 Å². The van der Waals surface area contributed by atoms with Crippen molar-refractivity contribution in [2.45, 2.75) is 13.5 Å². The maximum atomic E-state index is 13.7. The molecule has 21 heavy (non-hydrogen) atoms. The predicted molar refractivity (Wildman–Crippen MR) is 81.8 cm³/mol. The Morgan fingerprint density at radius 2 is 2.14 bits per heavy atom. The Morgan fingerprint density at radius 1 is 1.38 bits per heavy atom. The fraction of sp³-hybridized carbons (Fsp3) is 0.143. The number of benzene rings is 1. The second kappa shape index (κ2) is 6.82. The van der Waals surface area contributed by atoms with Crippen LogP contribution in [0, 0.1) is 5.82 Å². The first-order valence-electron chi connectivity index (χ1n) is 5.93. The molecule has 4 nitrogen and oxygen atoms in total. The van der Waals surface area contributed by atoms with Gasteiger partial charge in [0.05, 0.1) is 9.35 Å². The van der Waals surface area contributed by atoms with Gasteiger partial charge in [-0.05, 0) is 45.6 Å². The molecule has 0 saturated heterocycles. The summed E-state index contributed by atoms with van der Waals surface area (Å²) >= 11 is 4.77. The highest BCUT2D eigenvalue weighted by molar-refractivity contribution is 9.11. The van der Waals surface area contributed by atoms with Crippen molar-refractivity contribution in [2.24, 2.45) is 0 Å². The van der Waals surface area contributed by atoms with Gasteiger partial charge in [-0.2, -0.15) is 0 Å². The van der Waals surface area contributed by atoms with Gasteiger partial charge in [0.25, 0.3) is 0 Å². The summed E-state index contributed by atoms with van der Waals surface area (Å²) in [5, 5.41) is 4.32. The van der Waals surface area contributed by atoms with E-state index in [2.05, 4.69) is 21.2 Å². The number of ether oxygens (including phenoxy) is 1. The summed E-state index contributed by atoms with van der Waals surface area (Å²) in [5.41, 5.74) is 0.948. The van der Waals surface area contributed by atoms with Crippen LogP contribution in [-0.2, 0) is 16.1 Å². The average molecular weight is 372 g/mol. The molecular weight excluding hydrogens is 361 g/mol. The summed E-state index contributed by atoms with van der Waals surface area (Å²) in [7, 11) is 0. The molecule has 0 bridgehead atoms. The molecule has 0 aliphatic carbocycles. The van der Waals surface area contributed by atoms with Gasteiger partial charge in [0, 0.05) is 18.2 Å². The molecular formula is C14H11BrFNO3S. The van der Waals surface area contributed by atoms with Gasteiger partial charge in [-0.1, -0.05) is 0 Å². The molecule has 1 heterocycles. The first-order chi connectivity index (χ1) is 9.95. The molecule has 0 atom stereocenters. The average Bonchev–Trinajstić information content (AvgIpc) is 2.83. The smallest absolute Gasteiger partial charge is 0.341 e. The summed E-state index contributed by atoms with van der Waals surface area (Å²) in [5.74, 6) is -1.77. The first kappa shape index (κ1) is 15.7. The van der Waals surface area contributed by atoms with E-state index >= 15 is 0 Å². The van der Waals surface area contributed by atoms with Gasteiger partial charge in [0.15, 0.2) is 0 Å². The zero-order valence-corrected chi connectivity index (χ0v) is 13.4. The number of nitrogens with one attached hydrogen (secondary N) is 1. The van der Waals surface area contributed by atoms with Gasteiger partial charge >= 0.3 is 5.97 Å². The van der Waals surface area contributed by atoms with E-state index in [1.807, 2.05) is 11.4 Å². The first-order valence-corrected chi connectivity index (χ1v) is 7.60. The molecule has 7 heteroatoms. The molecule has 1 aromatic heterocycles. The van der Waals surface area contributed by atoms with Crippen molar-refractivity contribution in [3.8, 4) is 0 Å². The molecule has 0 aliphatic rings. The molecule has 2 rings (SSSR count). The lowest BCUT2D eigenvalue weighted by Gasteiger charge is -2.07. The van der Waals surface area contributed by atoms with Crippen molar-refractivity contribution in [2.75, 3.05) is 5.32 Å². The second-order valence-corrected chi connectivity index (χ2v) is 6.50. The number of amides is 1. The number of thiophene rings is 1. The predicted octanol–water partition coefficient (Wildman–Crippen LogP) is 3.97. The highest BCUT2D eigenvalue weighted by Crippen LogP contribution is 2.22. The lowest BCUT2D eigenvalue weighted by molar-refractivity contribution is -0.114. The summed E-state index contributed by atoms with van der Waals surface area (Å²) < 4.78 is 19.7. The van der Waals surface area contributed by atoms with Crippen LogP contribution in [0.2, 0.25) is 0 Å². The normalized spacial score (nSPS) is 10.2. The summed E-state index contributed by atoms with van der Waals surface area (Å²) in [6.45, 7) is 1.39. The Balaban J connectivity index is 2.08. The third-order valence-corrected chi connectivity index (χ3v) is 4.05. The monoisotopic (exact) mass is 371 g/mol. The van der Waals surface area contributed by atoms with Crippen LogP contribution >= 0.6 is 27.3 Å². The third kappa shape index (κ3) is 4.37. The molecule has 0 saturated carbocycles. The SMILES string of the molecule is CC(=O)Nc1ccc(F)c(C(=O)OCc2csc(Br)c2)c1. The minimum absolute atomic E-state index is 0.0603. The number of hydrogen-bond donors (Lipinski definition) is 1. The summed E-state index contributed by atoms with van der Waals surface area (Å²) in [4.78, 5) is 22.9.